The van der Waals surface area contributed by atoms with Crippen LogP contribution in [0, 0.1) is 5.92 Å². The Hall–Kier alpha value is -2.40. The molecular weight excluding hydrogens is 304 g/mol. The second-order valence-electron chi connectivity index (χ2n) is 6.16. The fourth-order valence-corrected chi connectivity index (χ4v) is 3.03. The van der Waals surface area contributed by atoms with E-state index >= 15 is 0 Å². The van der Waals surface area contributed by atoms with E-state index in [9.17, 15) is 9.90 Å². The Morgan fingerprint density at radius 3 is 2.79 bits per heavy atom. The highest BCUT2D eigenvalue weighted by Gasteiger charge is 2.29. The van der Waals surface area contributed by atoms with Crippen molar-refractivity contribution in [2.45, 2.75) is 25.3 Å². The Morgan fingerprint density at radius 2 is 2.00 bits per heavy atom. The van der Waals surface area contributed by atoms with Crippen molar-refractivity contribution in [3.63, 3.8) is 0 Å². The van der Waals surface area contributed by atoms with Crippen LogP contribution in [-0.4, -0.2) is 35.3 Å². The molecule has 0 saturated carbocycles. The smallest absolute Gasteiger partial charge is 0.220 e. The lowest BCUT2D eigenvalue weighted by molar-refractivity contribution is -0.122. The molecule has 2 atom stereocenters. The van der Waals surface area contributed by atoms with Crippen molar-refractivity contribution >= 4 is 5.91 Å². The number of rotatable bonds is 6. The summed E-state index contributed by atoms with van der Waals surface area (Å²) in [5.74, 6) is 0.514. The van der Waals surface area contributed by atoms with Crippen LogP contribution in [0.15, 0.2) is 48.8 Å². The largest absolute Gasteiger partial charge is 0.508 e. The third-order valence-corrected chi connectivity index (χ3v) is 4.41. The summed E-state index contributed by atoms with van der Waals surface area (Å²) in [4.78, 5) is 16.2. The van der Waals surface area contributed by atoms with Gasteiger partial charge in [0.2, 0.25) is 5.91 Å². The molecule has 0 aliphatic carbocycles. The quantitative estimate of drug-likeness (QED) is 0.853. The maximum Gasteiger partial charge on any atom is 0.220 e. The number of nitrogens with zero attached hydrogens (tertiary/aromatic N) is 1. The Labute approximate surface area is 141 Å². The van der Waals surface area contributed by atoms with Gasteiger partial charge in [-0.15, -0.1) is 0 Å². The molecule has 0 unspecified atom stereocenters. The maximum atomic E-state index is 12.2. The zero-order valence-electron chi connectivity index (χ0n) is 13.5. The zero-order chi connectivity index (χ0) is 16.8. The average molecular weight is 326 g/mol. The molecule has 1 aromatic heterocycles. The monoisotopic (exact) mass is 326 g/mol. The number of phenols is 1. The molecule has 2 heterocycles. The molecule has 0 radical (unpaired) electrons. The topological polar surface area (TPSA) is 71.5 Å². The highest BCUT2D eigenvalue weighted by Crippen LogP contribution is 2.20. The number of carbonyl (C=O) groups is 1. The number of aryl methyl sites for hydroxylation is 1. The van der Waals surface area contributed by atoms with Gasteiger partial charge in [0.15, 0.2) is 0 Å². The number of pyridine rings is 1. The number of amides is 1. The number of para-hydroxylation sites is 1. The lowest BCUT2D eigenvalue weighted by Gasteiger charge is -2.19. The molecule has 2 N–H and O–H groups in total. The molecule has 1 fully saturated rings. The molecule has 1 amide bonds. The van der Waals surface area contributed by atoms with E-state index in [1.165, 1.54) is 5.56 Å². The fraction of sp³-hybridized carbons (Fsp3) is 0.368. The summed E-state index contributed by atoms with van der Waals surface area (Å²) < 4.78 is 5.55. The first-order valence-corrected chi connectivity index (χ1v) is 8.25. The van der Waals surface area contributed by atoms with Gasteiger partial charge in [-0.3, -0.25) is 9.78 Å². The van der Waals surface area contributed by atoms with Crippen molar-refractivity contribution in [2.75, 3.05) is 13.2 Å². The molecule has 1 aliphatic rings. The van der Waals surface area contributed by atoms with Gasteiger partial charge >= 0.3 is 0 Å². The molecule has 2 aromatic rings. The molecule has 0 spiro atoms. The molecule has 1 aromatic carbocycles. The van der Waals surface area contributed by atoms with E-state index in [1.54, 1.807) is 24.5 Å². The van der Waals surface area contributed by atoms with Gasteiger partial charge in [-0.25, -0.2) is 0 Å². The Morgan fingerprint density at radius 1 is 1.21 bits per heavy atom. The summed E-state index contributed by atoms with van der Waals surface area (Å²) in [5.41, 5.74) is 2.00. The number of aromatic nitrogens is 1. The van der Waals surface area contributed by atoms with Crippen molar-refractivity contribution in [3.05, 3.63) is 59.9 Å². The standard InChI is InChI=1S/C19H22N2O3/c22-18-4-2-1-3-15(18)5-6-19(23)21-17-13-24-12-16(17)11-14-7-9-20-10-8-14/h1-4,7-10,16-17,22H,5-6,11-13H2,(H,21,23)/t16-,17+/m1/s1. The van der Waals surface area contributed by atoms with Gasteiger partial charge in [0.1, 0.15) is 5.75 Å². The number of hydrogen-bond donors (Lipinski definition) is 2. The molecule has 5 heteroatoms. The third-order valence-electron chi connectivity index (χ3n) is 4.41. The molecule has 24 heavy (non-hydrogen) atoms. The van der Waals surface area contributed by atoms with E-state index in [-0.39, 0.29) is 23.6 Å². The lowest BCUT2D eigenvalue weighted by atomic mass is 9.95. The SMILES string of the molecule is O=C(CCc1ccccc1O)N[C@H]1COC[C@H]1Cc1ccncc1. The van der Waals surface area contributed by atoms with Gasteiger partial charge in [-0.2, -0.15) is 0 Å². The molecule has 5 nitrogen and oxygen atoms in total. The van der Waals surface area contributed by atoms with Gasteiger partial charge < -0.3 is 15.2 Å². The number of benzene rings is 1. The van der Waals surface area contributed by atoms with Crippen LogP contribution in [0.3, 0.4) is 0 Å². The van der Waals surface area contributed by atoms with Crippen molar-refractivity contribution in [2.24, 2.45) is 5.92 Å². The average Bonchev–Trinajstić information content (AvgIpc) is 3.02. The predicted octanol–water partition coefficient (Wildman–Crippen LogP) is 2.09. The third kappa shape index (κ3) is 4.32. The number of ether oxygens (including phenoxy) is 1. The van der Waals surface area contributed by atoms with Crippen LogP contribution in [0.4, 0.5) is 0 Å². The molecule has 0 bridgehead atoms. The number of phenolic OH excluding ortho intramolecular Hbond substituents is 1. The molecule has 126 valence electrons. The Balaban J connectivity index is 1.51. The highest BCUT2D eigenvalue weighted by atomic mass is 16.5. The van der Waals surface area contributed by atoms with Crippen LogP contribution in [0.25, 0.3) is 0 Å². The summed E-state index contributed by atoms with van der Waals surface area (Å²) in [7, 11) is 0. The minimum Gasteiger partial charge on any atom is -0.508 e. The normalized spacial score (nSPS) is 20.0. The minimum absolute atomic E-state index is 0.00604. The van der Waals surface area contributed by atoms with E-state index < -0.39 is 0 Å². The summed E-state index contributed by atoms with van der Waals surface area (Å²) in [5, 5.41) is 12.8. The number of hydrogen-bond acceptors (Lipinski definition) is 4. The Bertz CT molecular complexity index is 675. The van der Waals surface area contributed by atoms with E-state index in [4.69, 9.17) is 4.74 Å². The van der Waals surface area contributed by atoms with Crippen LogP contribution >= 0.6 is 0 Å². The Kier molecular flexibility index (Phi) is 5.43. The highest BCUT2D eigenvalue weighted by molar-refractivity contribution is 5.76. The van der Waals surface area contributed by atoms with Crippen LogP contribution in [-0.2, 0) is 22.4 Å². The summed E-state index contributed by atoms with van der Waals surface area (Å²) >= 11 is 0. The first-order chi connectivity index (χ1) is 11.7. The molecule has 3 rings (SSSR count). The van der Waals surface area contributed by atoms with E-state index in [0.717, 1.165) is 12.0 Å². The van der Waals surface area contributed by atoms with Crippen molar-refractivity contribution < 1.29 is 14.6 Å². The molecule has 1 aliphatic heterocycles. The second kappa shape index (κ2) is 7.93. The fourth-order valence-electron chi connectivity index (χ4n) is 3.03. The lowest BCUT2D eigenvalue weighted by Crippen LogP contribution is -2.40. The van der Waals surface area contributed by atoms with E-state index in [1.807, 2.05) is 24.3 Å². The first kappa shape index (κ1) is 16.5. The van der Waals surface area contributed by atoms with E-state index in [2.05, 4.69) is 10.3 Å². The number of nitrogens with one attached hydrogen (secondary N) is 1. The summed E-state index contributed by atoms with van der Waals surface area (Å²) in [6.45, 7) is 1.21. The number of carbonyl (C=O) groups excluding carboxylic acids is 1. The van der Waals surface area contributed by atoms with Crippen LogP contribution in [0.2, 0.25) is 0 Å². The van der Waals surface area contributed by atoms with Gasteiger partial charge in [0.25, 0.3) is 0 Å². The van der Waals surface area contributed by atoms with Crippen LogP contribution in [0.5, 0.6) is 5.75 Å². The van der Waals surface area contributed by atoms with Crippen molar-refractivity contribution in [1.29, 1.82) is 0 Å². The van der Waals surface area contributed by atoms with Gasteiger partial charge in [0.05, 0.1) is 19.3 Å². The number of aromatic hydroxyl groups is 1. The zero-order valence-corrected chi connectivity index (χ0v) is 13.5. The van der Waals surface area contributed by atoms with Crippen LogP contribution < -0.4 is 5.32 Å². The minimum atomic E-state index is -0.00604. The van der Waals surface area contributed by atoms with E-state index in [0.29, 0.717) is 26.1 Å². The molecule has 1 saturated heterocycles. The maximum absolute atomic E-state index is 12.2. The van der Waals surface area contributed by atoms with Crippen molar-refractivity contribution in [1.82, 2.24) is 10.3 Å². The molecular formula is C19H22N2O3. The predicted molar refractivity (Wildman–Crippen MR) is 90.6 cm³/mol. The first-order valence-electron chi connectivity index (χ1n) is 8.25. The van der Waals surface area contributed by atoms with Gasteiger partial charge in [-0.1, -0.05) is 18.2 Å². The summed E-state index contributed by atoms with van der Waals surface area (Å²) in [6, 6.07) is 11.2. The second-order valence-corrected chi connectivity index (χ2v) is 6.16. The van der Waals surface area contributed by atoms with Crippen LogP contribution in [0.1, 0.15) is 17.5 Å². The van der Waals surface area contributed by atoms with Gasteiger partial charge in [-0.05, 0) is 42.2 Å². The van der Waals surface area contributed by atoms with Gasteiger partial charge in [0, 0.05) is 24.7 Å². The summed E-state index contributed by atoms with van der Waals surface area (Å²) in [6.07, 6.45) is 5.32. The van der Waals surface area contributed by atoms with Crippen molar-refractivity contribution in [3.8, 4) is 5.75 Å².